The van der Waals surface area contributed by atoms with Crippen LogP contribution >= 0.6 is 24.0 Å². The highest BCUT2D eigenvalue weighted by Crippen LogP contribution is 2.16. The molecule has 0 atom stereocenters. The third kappa shape index (κ3) is 6.05. The molecule has 0 unspecified atom stereocenters. The molecular weight excluding hydrogens is 389 g/mol. The Morgan fingerprint density at radius 1 is 1.32 bits per heavy atom. The topological polar surface area (TPSA) is 79.1 Å². The largest absolute Gasteiger partial charge is 0.370 e. The van der Waals surface area contributed by atoms with Crippen LogP contribution in [0.15, 0.2) is 41.5 Å². The molecule has 0 saturated carbocycles. The first-order chi connectivity index (χ1) is 10.1. The van der Waals surface area contributed by atoms with E-state index in [0.29, 0.717) is 18.4 Å². The lowest BCUT2D eigenvalue weighted by Gasteiger charge is -2.06. The maximum absolute atomic E-state index is 5.82. The van der Waals surface area contributed by atoms with Crippen LogP contribution in [0.2, 0.25) is 0 Å². The van der Waals surface area contributed by atoms with E-state index in [1.54, 1.807) is 0 Å². The molecule has 0 aliphatic rings. The Labute approximate surface area is 148 Å². The van der Waals surface area contributed by atoms with Gasteiger partial charge < -0.3 is 16.0 Å². The van der Waals surface area contributed by atoms with Crippen molar-refractivity contribution in [3.8, 4) is 11.3 Å². The zero-order chi connectivity index (χ0) is 15.1. The van der Waals surface area contributed by atoms with Gasteiger partial charge in [0.15, 0.2) is 5.96 Å². The van der Waals surface area contributed by atoms with Gasteiger partial charge in [-0.25, -0.2) is 9.98 Å². The van der Waals surface area contributed by atoms with Crippen molar-refractivity contribution >= 4 is 29.9 Å². The quantitative estimate of drug-likeness (QED) is 0.387. The monoisotopic (exact) mass is 413 g/mol. The summed E-state index contributed by atoms with van der Waals surface area (Å²) in [5.74, 6) is 1.93. The first kappa shape index (κ1) is 18.5. The number of halogens is 1. The molecule has 0 aliphatic heterocycles. The van der Waals surface area contributed by atoms with E-state index < -0.39 is 0 Å². The van der Waals surface area contributed by atoms with E-state index in [0.717, 1.165) is 30.0 Å². The summed E-state index contributed by atoms with van der Waals surface area (Å²) < 4.78 is 0. The standard InChI is InChI=1S/C16H23N5.HI/c1-12(2)8-9-18-16(17)20-11-15-19-10-14(21-15)13-6-4-3-5-7-13;/h3-7,10,12H,8-9,11H2,1-2H3,(H,19,21)(H3,17,18,20);1H. The van der Waals surface area contributed by atoms with E-state index in [-0.39, 0.29) is 24.0 Å². The predicted octanol–water partition coefficient (Wildman–Crippen LogP) is 3.15. The van der Waals surface area contributed by atoms with E-state index in [9.17, 15) is 0 Å². The predicted molar refractivity (Wildman–Crippen MR) is 102 cm³/mol. The fourth-order valence-electron chi connectivity index (χ4n) is 1.91. The number of guanidine groups is 1. The molecule has 22 heavy (non-hydrogen) atoms. The number of nitrogens with one attached hydrogen (secondary N) is 2. The van der Waals surface area contributed by atoms with Crippen molar-refractivity contribution in [1.29, 1.82) is 0 Å². The van der Waals surface area contributed by atoms with Crippen LogP contribution in [0.3, 0.4) is 0 Å². The molecule has 0 fully saturated rings. The normalized spacial score (nSPS) is 11.3. The van der Waals surface area contributed by atoms with Crippen molar-refractivity contribution in [2.75, 3.05) is 6.54 Å². The Balaban J connectivity index is 0.00000242. The molecule has 0 bridgehead atoms. The third-order valence-corrected chi connectivity index (χ3v) is 3.14. The molecule has 2 aromatic rings. The maximum atomic E-state index is 5.82. The van der Waals surface area contributed by atoms with Crippen LogP contribution in [0.4, 0.5) is 0 Å². The summed E-state index contributed by atoms with van der Waals surface area (Å²) in [6.07, 6.45) is 2.90. The number of nitrogens with zero attached hydrogens (tertiary/aromatic N) is 2. The fourth-order valence-corrected chi connectivity index (χ4v) is 1.91. The number of H-pyrrole nitrogens is 1. The van der Waals surface area contributed by atoms with Crippen LogP contribution in [-0.2, 0) is 6.54 Å². The molecule has 0 amide bonds. The Bertz CT molecular complexity index is 577. The Hall–Kier alpha value is -1.57. The Morgan fingerprint density at radius 3 is 2.73 bits per heavy atom. The summed E-state index contributed by atoms with van der Waals surface area (Å²) in [5.41, 5.74) is 7.93. The summed E-state index contributed by atoms with van der Waals surface area (Å²) in [6.45, 7) is 5.67. The number of hydrogen-bond donors (Lipinski definition) is 3. The van der Waals surface area contributed by atoms with Gasteiger partial charge in [-0.2, -0.15) is 0 Å². The summed E-state index contributed by atoms with van der Waals surface area (Å²) in [7, 11) is 0. The van der Waals surface area contributed by atoms with Crippen molar-refractivity contribution in [2.45, 2.75) is 26.8 Å². The molecular formula is C16H24IN5. The number of benzene rings is 1. The average molecular weight is 413 g/mol. The molecule has 0 radical (unpaired) electrons. The van der Waals surface area contributed by atoms with E-state index in [2.05, 4.69) is 34.1 Å². The summed E-state index contributed by atoms with van der Waals surface area (Å²) in [6, 6.07) is 10.1. The van der Waals surface area contributed by atoms with Gasteiger partial charge in [-0.1, -0.05) is 44.2 Å². The number of nitrogens with two attached hydrogens (primary N) is 1. The minimum atomic E-state index is 0. The summed E-state index contributed by atoms with van der Waals surface area (Å²) >= 11 is 0. The lowest BCUT2D eigenvalue weighted by atomic mass is 10.1. The molecule has 120 valence electrons. The van der Waals surface area contributed by atoms with Crippen molar-refractivity contribution in [3.63, 3.8) is 0 Å². The zero-order valence-corrected chi connectivity index (χ0v) is 15.4. The maximum Gasteiger partial charge on any atom is 0.189 e. The number of hydrogen-bond acceptors (Lipinski definition) is 2. The SMILES string of the molecule is CC(C)CCNC(N)=NCc1ncc(-c2ccccc2)[nH]1.I. The first-order valence-electron chi connectivity index (χ1n) is 7.28. The summed E-state index contributed by atoms with van der Waals surface area (Å²) in [4.78, 5) is 11.9. The van der Waals surface area contributed by atoms with E-state index in [1.807, 2.05) is 36.5 Å². The molecule has 0 spiro atoms. The lowest BCUT2D eigenvalue weighted by molar-refractivity contribution is 0.576. The van der Waals surface area contributed by atoms with Crippen LogP contribution in [0.5, 0.6) is 0 Å². The number of aromatic amines is 1. The van der Waals surface area contributed by atoms with Crippen LogP contribution in [0.1, 0.15) is 26.1 Å². The second-order valence-electron chi connectivity index (χ2n) is 5.42. The van der Waals surface area contributed by atoms with Gasteiger partial charge in [-0.05, 0) is 17.9 Å². The van der Waals surface area contributed by atoms with Crippen LogP contribution in [-0.4, -0.2) is 22.5 Å². The van der Waals surface area contributed by atoms with Crippen LogP contribution < -0.4 is 11.1 Å². The minimum absolute atomic E-state index is 0. The van der Waals surface area contributed by atoms with Crippen LogP contribution in [0.25, 0.3) is 11.3 Å². The molecule has 1 aromatic carbocycles. The number of imidazole rings is 1. The van der Waals surface area contributed by atoms with Gasteiger partial charge in [0.05, 0.1) is 11.9 Å². The highest BCUT2D eigenvalue weighted by molar-refractivity contribution is 14.0. The molecule has 5 nitrogen and oxygen atoms in total. The van der Waals surface area contributed by atoms with Crippen molar-refractivity contribution in [3.05, 3.63) is 42.4 Å². The summed E-state index contributed by atoms with van der Waals surface area (Å²) in [5, 5.41) is 3.11. The Morgan fingerprint density at radius 2 is 2.05 bits per heavy atom. The molecule has 1 heterocycles. The van der Waals surface area contributed by atoms with E-state index in [4.69, 9.17) is 5.73 Å². The highest BCUT2D eigenvalue weighted by Gasteiger charge is 2.02. The van der Waals surface area contributed by atoms with Gasteiger partial charge in [-0.3, -0.25) is 0 Å². The average Bonchev–Trinajstić information content (AvgIpc) is 2.94. The number of aliphatic imine (C=N–C) groups is 1. The van der Waals surface area contributed by atoms with Gasteiger partial charge in [0.25, 0.3) is 0 Å². The molecule has 0 aliphatic carbocycles. The molecule has 4 N–H and O–H groups in total. The van der Waals surface area contributed by atoms with Crippen molar-refractivity contribution < 1.29 is 0 Å². The van der Waals surface area contributed by atoms with Crippen molar-refractivity contribution in [1.82, 2.24) is 15.3 Å². The second-order valence-corrected chi connectivity index (χ2v) is 5.42. The zero-order valence-electron chi connectivity index (χ0n) is 13.0. The third-order valence-electron chi connectivity index (χ3n) is 3.14. The first-order valence-corrected chi connectivity index (χ1v) is 7.28. The van der Waals surface area contributed by atoms with E-state index in [1.165, 1.54) is 0 Å². The van der Waals surface area contributed by atoms with Crippen molar-refractivity contribution in [2.24, 2.45) is 16.6 Å². The molecule has 1 aromatic heterocycles. The molecule has 2 rings (SSSR count). The highest BCUT2D eigenvalue weighted by atomic mass is 127. The van der Waals surface area contributed by atoms with Crippen LogP contribution in [0, 0.1) is 5.92 Å². The van der Waals surface area contributed by atoms with Gasteiger partial charge in [0.1, 0.15) is 12.4 Å². The minimum Gasteiger partial charge on any atom is -0.370 e. The molecule has 0 saturated heterocycles. The lowest BCUT2D eigenvalue weighted by Crippen LogP contribution is -2.32. The van der Waals surface area contributed by atoms with Gasteiger partial charge in [0, 0.05) is 6.54 Å². The van der Waals surface area contributed by atoms with Gasteiger partial charge in [-0.15, -0.1) is 24.0 Å². The smallest absolute Gasteiger partial charge is 0.189 e. The Kier molecular flexibility index (Phi) is 7.94. The van der Waals surface area contributed by atoms with E-state index >= 15 is 0 Å². The number of aromatic nitrogens is 2. The van der Waals surface area contributed by atoms with Gasteiger partial charge >= 0.3 is 0 Å². The fraction of sp³-hybridized carbons (Fsp3) is 0.375. The molecule has 6 heteroatoms. The van der Waals surface area contributed by atoms with Gasteiger partial charge in [0.2, 0.25) is 0 Å². The number of rotatable bonds is 6. The second kappa shape index (κ2) is 9.45.